The fourth-order valence-electron chi connectivity index (χ4n) is 2.54. The summed E-state index contributed by atoms with van der Waals surface area (Å²) in [7, 11) is 0. The Labute approximate surface area is 123 Å². The second-order valence-corrected chi connectivity index (χ2v) is 5.09. The second kappa shape index (κ2) is 6.08. The summed E-state index contributed by atoms with van der Waals surface area (Å²) in [4.78, 5) is 36.3. The molecule has 112 valence electrons. The molecule has 1 atom stereocenters. The fraction of sp³-hybridized carbons (Fsp3) is 0.438. The maximum absolute atomic E-state index is 12.6. The lowest BCUT2D eigenvalue weighted by Gasteiger charge is -2.12. The smallest absolute Gasteiger partial charge is 0.375 e. The van der Waals surface area contributed by atoms with Gasteiger partial charge in [-0.2, -0.15) is 0 Å². The summed E-state index contributed by atoms with van der Waals surface area (Å²) in [5.74, 6) is -2.65. The summed E-state index contributed by atoms with van der Waals surface area (Å²) in [5, 5.41) is 0. The zero-order valence-corrected chi connectivity index (χ0v) is 12.4. The maximum Gasteiger partial charge on any atom is 0.375 e. The minimum absolute atomic E-state index is 0.108. The summed E-state index contributed by atoms with van der Waals surface area (Å²) in [6.45, 7) is 5.65. The molecule has 1 aliphatic rings. The van der Waals surface area contributed by atoms with Gasteiger partial charge in [0.1, 0.15) is 5.75 Å². The van der Waals surface area contributed by atoms with Crippen molar-refractivity contribution < 1.29 is 23.9 Å². The van der Waals surface area contributed by atoms with E-state index in [4.69, 9.17) is 9.47 Å². The van der Waals surface area contributed by atoms with Crippen LogP contribution in [-0.2, 0) is 14.3 Å². The van der Waals surface area contributed by atoms with E-state index in [9.17, 15) is 14.4 Å². The standard InChI is InChI=1S/C16H18O5/c1-4-20-16(19)15(18)11-5-6-21-12-8-9(2)7-10(3)13(12)14(11)17/h7-8,11H,4-6H2,1-3H3. The van der Waals surface area contributed by atoms with E-state index in [2.05, 4.69) is 0 Å². The van der Waals surface area contributed by atoms with E-state index in [0.717, 1.165) is 11.1 Å². The van der Waals surface area contributed by atoms with E-state index >= 15 is 0 Å². The van der Waals surface area contributed by atoms with Gasteiger partial charge in [-0.1, -0.05) is 6.07 Å². The van der Waals surface area contributed by atoms with Crippen LogP contribution >= 0.6 is 0 Å². The molecule has 21 heavy (non-hydrogen) atoms. The third-order valence-corrected chi connectivity index (χ3v) is 3.46. The molecule has 0 amide bonds. The van der Waals surface area contributed by atoms with Crippen molar-refractivity contribution in [2.24, 2.45) is 5.92 Å². The predicted molar refractivity (Wildman–Crippen MR) is 75.5 cm³/mol. The van der Waals surface area contributed by atoms with E-state index < -0.39 is 17.7 Å². The number of ether oxygens (including phenoxy) is 2. The third kappa shape index (κ3) is 2.96. The molecular formula is C16H18O5. The highest BCUT2D eigenvalue weighted by atomic mass is 16.5. The van der Waals surface area contributed by atoms with Gasteiger partial charge in [-0.15, -0.1) is 0 Å². The van der Waals surface area contributed by atoms with E-state index in [1.807, 2.05) is 13.0 Å². The van der Waals surface area contributed by atoms with Gasteiger partial charge >= 0.3 is 5.97 Å². The van der Waals surface area contributed by atoms with Crippen molar-refractivity contribution in [3.63, 3.8) is 0 Å². The zero-order valence-electron chi connectivity index (χ0n) is 12.4. The van der Waals surface area contributed by atoms with Crippen molar-refractivity contribution in [1.29, 1.82) is 0 Å². The number of aryl methyl sites for hydroxylation is 2. The Morgan fingerprint density at radius 3 is 2.71 bits per heavy atom. The molecule has 0 saturated carbocycles. The molecule has 1 heterocycles. The van der Waals surface area contributed by atoms with Crippen LogP contribution in [0.3, 0.4) is 0 Å². The van der Waals surface area contributed by atoms with E-state index in [1.165, 1.54) is 0 Å². The number of carbonyl (C=O) groups excluding carboxylic acids is 3. The highest BCUT2D eigenvalue weighted by Crippen LogP contribution is 2.31. The first-order valence-electron chi connectivity index (χ1n) is 6.95. The van der Waals surface area contributed by atoms with Gasteiger partial charge in [-0.25, -0.2) is 4.79 Å². The lowest BCUT2D eigenvalue weighted by molar-refractivity contribution is -0.154. The minimum Gasteiger partial charge on any atom is -0.493 e. The minimum atomic E-state index is -1.02. The predicted octanol–water partition coefficient (Wildman–Crippen LogP) is 2.02. The van der Waals surface area contributed by atoms with Crippen LogP contribution in [0.2, 0.25) is 0 Å². The van der Waals surface area contributed by atoms with Crippen LogP contribution in [0.4, 0.5) is 0 Å². The average molecular weight is 290 g/mol. The summed E-state index contributed by atoms with van der Waals surface area (Å²) in [5.41, 5.74) is 2.12. The summed E-state index contributed by atoms with van der Waals surface area (Å²) >= 11 is 0. The number of Topliss-reactive ketones (excluding diaryl/α,β-unsaturated/α-hetero) is 2. The number of esters is 1. The lowest BCUT2D eigenvalue weighted by atomic mass is 9.89. The summed E-state index contributed by atoms with van der Waals surface area (Å²) in [6, 6.07) is 3.63. The van der Waals surface area contributed by atoms with Gasteiger partial charge in [0.2, 0.25) is 0 Å². The van der Waals surface area contributed by atoms with Crippen LogP contribution in [0.25, 0.3) is 0 Å². The van der Waals surface area contributed by atoms with Gasteiger partial charge in [-0.3, -0.25) is 9.59 Å². The first kappa shape index (κ1) is 15.2. The summed E-state index contributed by atoms with van der Waals surface area (Å²) < 4.78 is 10.3. The number of ketones is 2. The van der Waals surface area contributed by atoms with Crippen LogP contribution in [0.5, 0.6) is 5.75 Å². The fourth-order valence-corrected chi connectivity index (χ4v) is 2.54. The quantitative estimate of drug-likeness (QED) is 0.484. The molecule has 1 aliphatic heterocycles. The number of hydrogen-bond donors (Lipinski definition) is 0. The first-order valence-corrected chi connectivity index (χ1v) is 6.95. The highest BCUT2D eigenvalue weighted by molar-refractivity contribution is 6.39. The van der Waals surface area contributed by atoms with Gasteiger partial charge in [0.25, 0.3) is 5.78 Å². The third-order valence-electron chi connectivity index (χ3n) is 3.46. The number of benzene rings is 1. The molecule has 0 radical (unpaired) electrons. The van der Waals surface area contributed by atoms with Crippen molar-refractivity contribution in [1.82, 2.24) is 0 Å². The van der Waals surface area contributed by atoms with Crippen molar-refractivity contribution in [2.75, 3.05) is 13.2 Å². The molecule has 0 aliphatic carbocycles. The van der Waals surface area contributed by atoms with E-state index in [1.54, 1.807) is 19.9 Å². The highest BCUT2D eigenvalue weighted by Gasteiger charge is 2.37. The number of rotatable bonds is 3. The Hall–Kier alpha value is -2.17. The molecule has 0 spiro atoms. The molecule has 0 N–H and O–H groups in total. The van der Waals surface area contributed by atoms with Crippen molar-refractivity contribution in [3.05, 3.63) is 28.8 Å². The molecule has 0 bridgehead atoms. The Morgan fingerprint density at radius 2 is 2.05 bits per heavy atom. The largest absolute Gasteiger partial charge is 0.493 e. The van der Waals surface area contributed by atoms with Gasteiger partial charge in [-0.05, 0) is 44.4 Å². The molecule has 5 heteroatoms. The molecule has 2 rings (SSSR count). The van der Waals surface area contributed by atoms with Crippen LogP contribution in [-0.4, -0.2) is 30.7 Å². The van der Waals surface area contributed by atoms with Crippen LogP contribution in [0, 0.1) is 19.8 Å². The molecule has 1 aromatic rings. The monoisotopic (exact) mass is 290 g/mol. The maximum atomic E-state index is 12.6. The first-order chi connectivity index (χ1) is 9.95. The van der Waals surface area contributed by atoms with Crippen LogP contribution in [0.15, 0.2) is 12.1 Å². The molecule has 0 fully saturated rings. The van der Waals surface area contributed by atoms with Crippen molar-refractivity contribution >= 4 is 17.5 Å². The van der Waals surface area contributed by atoms with Gasteiger partial charge in [0, 0.05) is 0 Å². The molecule has 5 nitrogen and oxygen atoms in total. The van der Waals surface area contributed by atoms with Gasteiger partial charge < -0.3 is 9.47 Å². The molecule has 1 aromatic carbocycles. The number of fused-ring (bicyclic) bond motifs is 1. The molecule has 1 unspecified atom stereocenters. The van der Waals surface area contributed by atoms with Crippen molar-refractivity contribution in [2.45, 2.75) is 27.2 Å². The normalized spacial score (nSPS) is 17.5. The van der Waals surface area contributed by atoms with Gasteiger partial charge in [0.15, 0.2) is 5.78 Å². The molecular weight excluding hydrogens is 272 g/mol. The molecule has 0 aromatic heterocycles. The number of hydrogen-bond acceptors (Lipinski definition) is 5. The lowest BCUT2D eigenvalue weighted by Crippen LogP contribution is -2.32. The SMILES string of the molecule is CCOC(=O)C(=O)C1CCOc2cc(C)cc(C)c2C1=O. The number of carbonyl (C=O) groups is 3. The second-order valence-electron chi connectivity index (χ2n) is 5.09. The van der Waals surface area contributed by atoms with Crippen LogP contribution in [0.1, 0.15) is 34.8 Å². The Bertz CT molecular complexity index is 603. The molecule has 0 saturated heterocycles. The Morgan fingerprint density at radius 1 is 1.33 bits per heavy atom. The van der Waals surface area contributed by atoms with E-state index in [-0.39, 0.29) is 25.4 Å². The topological polar surface area (TPSA) is 69.7 Å². The van der Waals surface area contributed by atoms with Gasteiger partial charge in [0.05, 0.1) is 24.7 Å². The Balaban J connectivity index is 2.38. The summed E-state index contributed by atoms with van der Waals surface area (Å²) in [6.07, 6.45) is 0.184. The zero-order chi connectivity index (χ0) is 15.6. The van der Waals surface area contributed by atoms with E-state index in [0.29, 0.717) is 11.3 Å². The van der Waals surface area contributed by atoms with Crippen molar-refractivity contribution in [3.8, 4) is 5.75 Å². The Kier molecular flexibility index (Phi) is 4.40. The van der Waals surface area contributed by atoms with Crippen LogP contribution < -0.4 is 4.74 Å². The average Bonchev–Trinajstić information content (AvgIpc) is 2.57.